The molecule has 2 aliphatic heterocycles. The average molecular weight is 273 g/mol. The van der Waals surface area contributed by atoms with Crippen molar-refractivity contribution in [3.8, 4) is 0 Å². The lowest BCUT2D eigenvalue weighted by Gasteiger charge is -2.39. The zero-order valence-electron chi connectivity index (χ0n) is 12.8. The number of hydrogen-bond donors (Lipinski definition) is 1. The Morgan fingerprint density at radius 2 is 2.15 bits per heavy atom. The van der Waals surface area contributed by atoms with Crippen LogP contribution in [0.3, 0.4) is 0 Å². The van der Waals surface area contributed by atoms with Gasteiger partial charge < -0.3 is 10.6 Å². The Morgan fingerprint density at radius 3 is 2.90 bits per heavy atom. The Hall–Kier alpha value is -1.06. The first kappa shape index (κ1) is 13.9. The number of aryl methyl sites for hydroxylation is 1. The molecule has 1 aromatic rings. The third-order valence-electron chi connectivity index (χ3n) is 4.82. The van der Waals surface area contributed by atoms with Gasteiger partial charge in [0.25, 0.3) is 0 Å². The van der Waals surface area contributed by atoms with Crippen LogP contribution >= 0.6 is 0 Å². The monoisotopic (exact) mass is 273 g/mol. The summed E-state index contributed by atoms with van der Waals surface area (Å²) in [7, 11) is 0. The van der Waals surface area contributed by atoms with Crippen LogP contribution in [0.2, 0.25) is 0 Å². The molecule has 0 saturated carbocycles. The van der Waals surface area contributed by atoms with E-state index in [-0.39, 0.29) is 6.04 Å². The predicted molar refractivity (Wildman–Crippen MR) is 85.3 cm³/mol. The van der Waals surface area contributed by atoms with Gasteiger partial charge in [-0.15, -0.1) is 0 Å². The molecular formula is C17H27N3. The van der Waals surface area contributed by atoms with E-state index in [1.54, 1.807) is 0 Å². The van der Waals surface area contributed by atoms with Crippen LogP contribution in [-0.4, -0.2) is 43.2 Å². The van der Waals surface area contributed by atoms with Crippen LogP contribution in [0.25, 0.3) is 0 Å². The molecule has 2 atom stereocenters. The second-order valence-electron chi connectivity index (χ2n) is 6.57. The molecule has 3 heteroatoms. The van der Waals surface area contributed by atoms with Crippen molar-refractivity contribution in [2.45, 2.75) is 45.2 Å². The first-order chi connectivity index (χ1) is 9.63. The first-order valence-corrected chi connectivity index (χ1v) is 7.97. The van der Waals surface area contributed by atoms with Gasteiger partial charge in [-0.2, -0.15) is 0 Å². The maximum Gasteiger partial charge on any atom is 0.0370 e. The van der Waals surface area contributed by atoms with E-state index in [1.807, 2.05) is 0 Å². The van der Waals surface area contributed by atoms with Crippen molar-refractivity contribution >= 4 is 5.69 Å². The fourth-order valence-electron chi connectivity index (χ4n) is 3.68. The fourth-order valence-corrected chi connectivity index (χ4v) is 3.68. The largest absolute Gasteiger partial charge is 0.369 e. The normalized spacial score (nSPS) is 24.8. The fraction of sp³-hybridized carbons (Fsp3) is 0.647. The van der Waals surface area contributed by atoms with Crippen LogP contribution in [0, 0.1) is 6.92 Å². The van der Waals surface area contributed by atoms with Crippen LogP contribution < -0.4 is 10.6 Å². The average Bonchev–Trinajstić information content (AvgIpc) is 2.87. The molecule has 20 heavy (non-hydrogen) atoms. The number of nitrogens with zero attached hydrogens (tertiary/aromatic N) is 2. The second kappa shape index (κ2) is 5.74. The van der Waals surface area contributed by atoms with Crippen LogP contribution in [0.1, 0.15) is 30.9 Å². The summed E-state index contributed by atoms with van der Waals surface area (Å²) in [6.07, 6.45) is 3.73. The number of fused-ring (bicyclic) bond motifs is 1. The van der Waals surface area contributed by atoms with Gasteiger partial charge in [0.05, 0.1) is 0 Å². The van der Waals surface area contributed by atoms with E-state index in [0.29, 0.717) is 0 Å². The molecule has 2 heterocycles. The van der Waals surface area contributed by atoms with E-state index in [9.17, 15) is 0 Å². The molecule has 3 rings (SSSR count). The topological polar surface area (TPSA) is 32.5 Å². The SMILES string of the molecule is Cc1cc(N2CCN3CCCC3C2)ccc1CC(C)N. The van der Waals surface area contributed by atoms with Crippen LogP contribution in [0.5, 0.6) is 0 Å². The molecule has 0 radical (unpaired) electrons. The summed E-state index contributed by atoms with van der Waals surface area (Å²) in [6.45, 7) is 9.20. The van der Waals surface area contributed by atoms with Gasteiger partial charge in [0.1, 0.15) is 0 Å². The lowest BCUT2D eigenvalue weighted by Crippen LogP contribution is -2.50. The van der Waals surface area contributed by atoms with E-state index < -0.39 is 0 Å². The highest BCUT2D eigenvalue weighted by molar-refractivity contribution is 5.51. The molecular weight excluding hydrogens is 246 g/mol. The Kier molecular flexibility index (Phi) is 3.99. The van der Waals surface area contributed by atoms with Crippen molar-refractivity contribution in [2.75, 3.05) is 31.1 Å². The molecule has 0 bridgehead atoms. The lowest BCUT2D eigenvalue weighted by molar-refractivity contribution is 0.231. The molecule has 2 unspecified atom stereocenters. The van der Waals surface area contributed by atoms with Gasteiger partial charge in [0.15, 0.2) is 0 Å². The zero-order chi connectivity index (χ0) is 14.1. The molecule has 2 saturated heterocycles. The molecule has 2 aliphatic rings. The van der Waals surface area contributed by atoms with Gasteiger partial charge in [-0.25, -0.2) is 0 Å². The van der Waals surface area contributed by atoms with Crippen LogP contribution in [0.15, 0.2) is 18.2 Å². The third kappa shape index (κ3) is 2.84. The first-order valence-electron chi connectivity index (χ1n) is 7.97. The van der Waals surface area contributed by atoms with Gasteiger partial charge in [-0.3, -0.25) is 4.90 Å². The summed E-state index contributed by atoms with van der Waals surface area (Å²) >= 11 is 0. The summed E-state index contributed by atoms with van der Waals surface area (Å²) in [6, 6.07) is 7.93. The minimum Gasteiger partial charge on any atom is -0.369 e. The highest BCUT2D eigenvalue weighted by Gasteiger charge is 2.30. The predicted octanol–water partition coefficient (Wildman–Crippen LogP) is 2.17. The number of anilines is 1. The van der Waals surface area contributed by atoms with E-state index in [0.717, 1.165) is 12.5 Å². The third-order valence-corrected chi connectivity index (χ3v) is 4.82. The molecule has 0 amide bonds. The van der Waals surface area contributed by atoms with Gasteiger partial charge in [-0.05, 0) is 62.9 Å². The highest BCUT2D eigenvalue weighted by Crippen LogP contribution is 2.27. The molecule has 0 aromatic heterocycles. The van der Waals surface area contributed by atoms with Crippen molar-refractivity contribution in [1.82, 2.24) is 4.90 Å². The summed E-state index contributed by atoms with van der Waals surface area (Å²) in [5, 5.41) is 0. The number of hydrogen-bond acceptors (Lipinski definition) is 3. The molecule has 110 valence electrons. The number of benzene rings is 1. The molecule has 3 nitrogen and oxygen atoms in total. The van der Waals surface area contributed by atoms with E-state index in [4.69, 9.17) is 5.73 Å². The number of nitrogens with two attached hydrogens (primary N) is 1. The number of piperazine rings is 1. The Balaban J connectivity index is 1.72. The van der Waals surface area contributed by atoms with Crippen molar-refractivity contribution in [1.29, 1.82) is 0 Å². The van der Waals surface area contributed by atoms with E-state index in [1.165, 1.54) is 55.8 Å². The van der Waals surface area contributed by atoms with Gasteiger partial charge in [-0.1, -0.05) is 6.07 Å². The summed E-state index contributed by atoms with van der Waals surface area (Å²) in [5.74, 6) is 0. The minimum absolute atomic E-state index is 0.238. The Morgan fingerprint density at radius 1 is 1.30 bits per heavy atom. The van der Waals surface area contributed by atoms with Gasteiger partial charge >= 0.3 is 0 Å². The highest BCUT2D eigenvalue weighted by atomic mass is 15.3. The Labute approximate surface area is 122 Å². The summed E-state index contributed by atoms with van der Waals surface area (Å²) in [5.41, 5.74) is 10.1. The minimum atomic E-state index is 0.238. The molecule has 1 aromatic carbocycles. The van der Waals surface area contributed by atoms with Crippen molar-refractivity contribution < 1.29 is 0 Å². The van der Waals surface area contributed by atoms with Crippen molar-refractivity contribution in [2.24, 2.45) is 5.73 Å². The quantitative estimate of drug-likeness (QED) is 0.916. The van der Waals surface area contributed by atoms with Crippen molar-refractivity contribution in [3.63, 3.8) is 0 Å². The zero-order valence-corrected chi connectivity index (χ0v) is 12.8. The molecule has 0 aliphatic carbocycles. The molecule has 0 spiro atoms. The van der Waals surface area contributed by atoms with E-state index >= 15 is 0 Å². The molecule has 2 fully saturated rings. The molecule has 2 N–H and O–H groups in total. The standard InChI is InChI=1S/C17H27N3/c1-13-10-16(6-5-15(13)11-14(2)18)20-9-8-19-7-3-4-17(19)12-20/h5-6,10,14,17H,3-4,7-9,11-12,18H2,1-2H3. The maximum absolute atomic E-state index is 5.92. The van der Waals surface area contributed by atoms with Gasteiger partial charge in [0.2, 0.25) is 0 Å². The Bertz CT molecular complexity index is 469. The van der Waals surface area contributed by atoms with Crippen LogP contribution in [-0.2, 0) is 6.42 Å². The van der Waals surface area contributed by atoms with Gasteiger partial charge in [0, 0.05) is 37.4 Å². The summed E-state index contributed by atoms with van der Waals surface area (Å²) < 4.78 is 0. The number of rotatable bonds is 3. The van der Waals surface area contributed by atoms with Crippen molar-refractivity contribution in [3.05, 3.63) is 29.3 Å². The maximum atomic E-state index is 5.92. The second-order valence-corrected chi connectivity index (χ2v) is 6.57. The van der Waals surface area contributed by atoms with Crippen LogP contribution in [0.4, 0.5) is 5.69 Å². The van der Waals surface area contributed by atoms with E-state index in [2.05, 4.69) is 41.8 Å². The lowest BCUT2D eigenvalue weighted by atomic mass is 10.0. The summed E-state index contributed by atoms with van der Waals surface area (Å²) in [4.78, 5) is 5.23. The smallest absolute Gasteiger partial charge is 0.0370 e.